The van der Waals surface area contributed by atoms with Gasteiger partial charge in [0.25, 0.3) is 0 Å². The molecule has 0 aromatic heterocycles. The Hall–Kier alpha value is -1.82. The molecule has 1 rings (SSSR count). The molecule has 0 amide bonds. The molecule has 0 aliphatic heterocycles. The molecule has 0 radical (unpaired) electrons. The number of aliphatic hydroxyl groups excluding tert-OH is 1. The van der Waals surface area contributed by atoms with Crippen LogP contribution in [-0.2, 0) is 0 Å². The van der Waals surface area contributed by atoms with E-state index in [-0.39, 0.29) is 5.56 Å². The molecule has 1 aromatic carbocycles. The van der Waals surface area contributed by atoms with E-state index >= 15 is 0 Å². The van der Waals surface area contributed by atoms with E-state index in [9.17, 15) is 19.3 Å². The highest BCUT2D eigenvalue weighted by Crippen LogP contribution is 2.18. The van der Waals surface area contributed by atoms with Gasteiger partial charge in [0, 0.05) is 11.6 Å². The smallest absolute Gasteiger partial charge is 0.305 e. The van der Waals surface area contributed by atoms with Gasteiger partial charge in [0.2, 0.25) is 5.82 Å². The summed E-state index contributed by atoms with van der Waals surface area (Å²) in [7, 11) is 0. The second kappa shape index (κ2) is 3.93. The number of hydrogen-bond acceptors (Lipinski definition) is 4. The van der Waals surface area contributed by atoms with Crippen molar-refractivity contribution in [3.05, 3.63) is 39.7 Å². The van der Waals surface area contributed by atoms with Crippen molar-refractivity contribution in [1.82, 2.24) is 0 Å². The number of ketones is 1. The topological polar surface area (TPSA) is 80.4 Å². The lowest BCUT2D eigenvalue weighted by molar-refractivity contribution is -0.387. The molecule has 0 spiro atoms. The maximum atomic E-state index is 12.8. The maximum Gasteiger partial charge on any atom is 0.305 e. The van der Waals surface area contributed by atoms with Crippen LogP contribution in [0.5, 0.6) is 0 Å². The van der Waals surface area contributed by atoms with Crippen LogP contribution < -0.4 is 0 Å². The van der Waals surface area contributed by atoms with Crippen LogP contribution in [0.25, 0.3) is 0 Å². The minimum absolute atomic E-state index is 0.0828. The van der Waals surface area contributed by atoms with E-state index in [2.05, 4.69) is 0 Å². The fourth-order valence-electron chi connectivity index (χ4n) is 0.917. The average Bonchev–Trinajstić information content (AvgIpc) is 2.17. The summed E-state index contributed by atoms with van der Waals surface area (Å²) in [4.78, 5) is 20.3. The second-order valence-corrected chi connectivity index (χ2v) is 2.50. The molecule has 0 unspecified atom stereocenters. The Kier molecular flexibility index (Phi) is 2.88. The van der Waals surface area contributed by atoms with Gasteiger partial charge >= 0.3 is 5.69 Å². The van der Waals surface area contributed by atoms with Gasteiger partial charge in [-0.3, -0.25) is 14.9 Å². The summed E-state index contributed by atoms with van der Waals surface area (Å²) < 4.78 is 12.8. The summed E-state index contributed by atoms with van der Waals surface area (Å²) in [6.07, 6.45) is 0. The zero-order valence-electron chi connectivity index (χ0n) is 6.94. The molecule has 0 aliphatic carbocycles. The summed E-state index contributed by atoms with van der Waals surface area (Å²) >= 11 is 0. The van der Waals surface area contributed by atoms with Gasteiger partial charge in [0.05, 0.1) is 4.92 Å². The van der Waals surface area contributed by atoms with Crippen molar-refractivity contribution in [3.8, 4) is 0 Å². The van der Waals surface area contributed by atoms with E-state index in [0.717, 1.165) is 18.2 Å². The fourth-order valence-corrected chi connectivity index (χ4v) is 0.917. The Morgan fingerprint density at radius 2 is 2.21 bits per heavy atom. The normalized spacial score (nSPS) is 9.86. The summed E-state index contributed by atoms with van der Waals surface area (Å²) in [5, 5.41) is 18.8. The third-order valence-corrected chi connectivity index (χ3v) is 1.61. The molecule has 0 saturated carbocycles. The third-order valence-electron chi connectivity index (χ3n) is 1.61. The van der Waals surface area contributed by atoms with Crippen LogP contribution >= 0.6 is 0 Å². The molecule has 5 nitrogen and oxygen atoms in total. The summed E-state index contributed by atoms with van der Waals surface area (Å²) in [5.41, 5.74) is -0.857. The molecular weight excluding hydrogens is 193 g/mol. The number of carbonyl (C=O) groups is 1. The minimum Gasteiger partial charge on any atom is -0.388 e. The molecule has 1 N–H and O–H groups in total. The van der Waals surface area contributed by atoms with Crippen molar-refractivity contribution < 1.29 is 19.2 Å². The van der Waals surface area contributed by atoms with Crippen LogP contribution in [0.15, 0.2) is 18.2 Å². The molecule has 6 heteroatoms. The Bertz CT molecular complexity index is 391. The largest absolute Gasteiger partial charge is 0.388 e. The van der Waals surface area contributed by atoms with Gasteiger partial charge in [-0.2, -0.15) is 4.39 Å². The Balaban J connectivity index is 3.19. The van der Waals surface area contributed by atoms with E-state index in [1.54, 1.807) is 0 Å². The lowest BCUT2D eigenvalue weighted by Gasteiger charge is -1.98. The van der Waals surface area contributed by atoms with Crippen LogP contribution in [0.4, 0.5) is 10.1 Å². The Morgan fingerprint density at radius 1 is 1.57 bits per heavy atom. The van der Waals surface area contributed by atoms with Crippen molar-refractivity contribution in [2.45, 2.75) is 0 Å². The van der Waals surface area contributed by atoms with Gasteiger partial charge in [-0.15, -0.1) is 0 Å². The molecule has 14 heavy (non-hydrogen) atoms. The zero-order valence-corrected chi connectivity index (χ0v) is 6.94. The van der Waals surface area contributed by atoms with Crippen LogP contribution in [0.2, 0.25) is 0 Å². The number of Topliss-reactive ketones (excluding diaryl/α,β-unsaturated/α-hetero) is 1. The van der Waals surface area contributed by atoms with Gasteiger partial charge < -0.3 is 5.11 Å². The number of nitro groups is 1. The first-order chi connectivity index (χ1) is 6.56. The molecule has 0 saturated heterocycles. The number of carbonyl (C=O) groups excluding carboxylic acids is 1. The highest BCUT2D eigenvalue weighted by atomic mass is 19.1. The number of nitro benzene ring substituents is 1. The quantitative estimate of drug-likeness (QED) is 0.445. The first-order valence-electron chi connectivity index (χ1n) is 3.64. The zero-order chi connectivity index (χ0) is 10.7. The predicted molar refractivity (Wildman–Crippen MR) is 44.5 cm³/mol. The Labute approximate surface area is 77.9 Å². The summed E-state index contributed by atoms with van der Waals surface area (Å²) in [5.74, 6) is -1.70. The number of halogens is 1. The van der Waals surface area contributed by atoms with Crippen molar-refractivity contribution in [2.24, 2.45) is 0 Å². The van der Waals surface area contributed by atoms with Gasteiger partial charge in [-0.25, -0.2) is 0 Å². The monoisotopic (exact) mass is 199 g/mol. The molecule has 1 aromatic rings. The van der Waals surface area contributed by atoms with E-state index in [0.29, 0.717) is 0 Å². The fraction of sp³-hybridized carbons (Fsp3) is 0.125. The number of benzene rings is 1. The predicted octanol–water partition coefficient (Wildman–Crippen LogP) is 0.909. The average molecular weight is 199 g/mol. The maximum absolute atomic E-state index is 12.8. The third kappa shape index (κ3) is 1.91. The highest BCUT2D eigenvalue weighted by molar-refractivity contribution is 5.97. The van der Waals surface area contributed by atoms with Crippen LogP contribution in [0, 0.1) is 15.9 Å². The van der Waals surface area contributed by atoms with Crippen LogP contribution in [0.1, 0.15) is 10.4 Å². The number of hydrogen-bond donors (Lipinski definition) is 1. The number of aliphatic hydroxyl groups is 1. The first kappa shape index (κ1) is 10.3. The second-order valence-electron chi connectivity index (χ2n) is 2.50. The van der Waals surface area contributed by atoms with E-state index in [1.165, 1.54) is 0 Å². The van der Waals surface area contributed by atoms with E-state index < -0.39 is 28.8 Å². The molecule has 0 atom stereocenters. The van der Waals surface area contributed by atoms with Crippen molar-refractivity contribution in [1.29, 1.82) is 0 Å². The van der Waals surface area contributed by atoms with Crippen molar-refractivity contribution in [3.63, 3.8) is 0 Å². The van der Waals surface area contributed by atoms with Crippen molar-refractivity contribution >= 4 is 11.5 Å². The SMILES string of the molecule is O=C(CO)c1ccc(F)c([N+](=O)[O-])c1. The summed E-state index contributed by atoms with van der Waals surface area (Å²) in [6, 6.07) is 2.70. The number of rotatable bonds is 3. The van der Waals surface area contributed by atoms with E-state index in [1.807, 2.05) is 0 Å². The van der Waals surface area contributed by atoms with Crippen molar-refractivity contribution in [2.75, 3.05) is 6.61 Å². The van der Waals surface area contributed by atoms with Gasteiger partial charge in [0.15, 0.2) is 5.78 Å². The standard InChI is InChI=1S/C8H6FNO4/c9-6-2-1-5(8(12)4-11)3-7(6)10(13)14/h1-3,11H,4H2. The van der Waals surface area contributed by atoms with Gasteiger partial charge in [0.1, 0.15) is 6.61 Å². The van der Waals surface area contributed by atoms with Gasteiger partial charge in [-0.05, 0) is 12.1 Å². The first-order valence-corrected chi connectivity index (χ1v) is 3.64. The van der Waals surface area contributed by atoms with Crippen LogP contribution in [0.3, 0.4) is 0 Å². The van der Waals surface area contributed by atoms with Crippen LogP contribution in [-0.4, -0.2) is 22.4 Å². The lowest BCUT2D eigenvalue weighted by atomic mass is 10.1. The molecule has 0 heterocycles. The van der Waals surface area contributed by atoms with Gasteiger partial charge in [-0.1, -0.05) is 0 Å². The molecule has 0 bridgehead atoms. The lowest BCUT2D eigenvalue weighted by Crippen LogP contribution is -2.05. The summed E-state index contributed by atoms with van der Waals surface area (Å²) in [6.45, 7) is -0.761. The highest BCUT2D eigenvalue weighted by Gasteiger charge is 2.16. The molecule has 0 aliphatic rings. The minimum atomic E-state index is -1.01. The Morgan fingerprint density at radius 3 is 2.71 bits per heavy atom. The number of nitrogens with zero attached hydrogens (tertiary/aromatic N) is 1. The van der Waals surface area contributed by atoms with E-state index in [4.69, 9.17) is 5.11 Å². The molecule has 74 valence electrons. The molecular formula is C8H6FNO4. The molecule has 0 fully saturated rings.